The molecule has 1 rings (SSSR count). The minimum Gasteiger partial charge on any atom is -0.462 e. The topological polar surface area (TPSA) is 57.5 Å². The van der Waals surface area contributed by atoms with Crippen molar-refractivity contribution >= 4 is 21.9 Å². The second-order valence-electron chi connectivity index (χ2n) is 3.43. The predicted octanol–water partition coefficient (Wildman–Crippen LogP) is 1.36. The molecule has 1 heterocycles. The van der Waals surface area contributed by atoms with Gasteiger partial charge < -0.3 is 14.0 Å². The summed E-state index contributed by atoms with van der Waals surface area (Å²) >= 11 is 3.25. The van der Waals surface area contributed by atoms with Crippen molar-refractivity contribution in [1.82, 2.24) is 4.57 Å². The van der Waals surface area contributed by atoms with Crippen LogP contribution in [0.4, 0.5) is 0 Å². The van der Waals surface area contributed by atoms with E-state index in [4.69, 9.17) is 9.47 Å². The Bertz CT molecular complexity index is 443. The summed E-state index contributed by atoms with van der Waals surface area (Å²) in [4.78, 5) is 23.2. The van der Waals surface area contributed by atoms with E-state index in [1.54, 1.807) is 19.2 Å². The van der Waals surface area contributed by atoms with Crippen LogP contribution in [0.25, 0.3) is 0 Å². The zero-order chi connectivity index (χ0) is 12.8. The van der Waals surface area contributed by atoms with Crippen LogP contribution in [-0.4, -0.2) is 30.9 Å². The van der Waals surface area contributed by atoms with Crippen LogP contribution >= 0.6 is 15.9 Å². The minimum atomic E-state index is -0.656. The Morgan fingerprint density at radius 1 is 1.47 bits per heavy atom. The van der Waals surface area contributed by atoms with Crippen LogP contribution in [0.15, 0.2) is 27.6 Å². The molecular formula is C11H14BrNO4. The maximum Gasteiger partial charge on any atom is 0.329 e. The van der Waals surface area contributed by atoms with Gasteiger partial charge in [-0.1, -0.05) is 0 Å². The van der Waals surface area contributed by atoms with Crippen molar-refractivity contribution in [2.24, 2.45) is 0 Å². The summed E-state index contributed by atoms with van der Waals surface area (Å²) in [6.07, 6.45) is 1.56. The van der Waals surface area contributed by atoms with Crippen LogP contribution in [0.2, 0.25) is 0 Å². The average Bonchev–Trinajstić information content (AvgIpc) is 2.31. The molecule has 5 nitrogen and oxygen atoms in total. The van der Waals surface area contributed by atoms with Crippen LogP contribution < -0.4 is 5.56 Å². The number of rotatable bonds is 5. The van der Waals surface area contributed by atoms with Gasteiger partial charge in [0.2, 0.25) is 0 Å². The van der Waals surface area contributed by atoms with Gasteiger partial charge in [0.1, 0.15) is 12.6 Å². The van der Waals surface area contributed by atoms with E-state index in [-0.39, 0.29) is 12.2 Å². The first kappa shape index (κ1) is 13.9. The number of nitrogens with zero attached hydrogens (tertiary/aromatic N) is 1. The van der Waals surface area contributed by atoms with Crippen molar-refractivity contribution < 1.29 is 14.3 Å². The first-order chi connectivity index (χ1) is 8.06. The Morgan fingerprint density at radius 3 is 2.82 bits per heavy atom. The van der Waals surface area contributed by atoms with Gasteiger partial charge in [0.25, 0.3) is 5.56 Å². The summed E-state index contributed by atoms with van der Waals surface area (Å²) in [7, 11) is 1.52. The van der Waals surface area contributed by atoms with Gasteiger partial charge in [-0.25, -0.2) is 4.79 Å². The molecule has 0 saturated carbocycles. The third-order valence-corrected chi connectivity index (χ3v) is 2.66. The molecule has 1 atom stereocenters. The summed E-state index contributed by atoms with van der Waals surface area (Å²) in [6, 6.07) is 2.36. The number of esters is 1. The predicted molar refractivity (Wildman–Crippen MR) is 65.9 cm³/mol. The van der Waals surface area contributed by atoms with Gasteiger partial charge in [-0.2, -0.15) is 0 Å². The fraction of sp³-hybridized carbons (Fsp3) is 0.455. The summed E-state index contributed by atoms with van der Waals surface area (Å²) < 4.78 is 11.8. The molecule has 1 unspecified atom stereocenters. The third kappa shape index (κ3) is 3.98. The highest BCUT2D eigenvalue weighted by Crippen LogP contribution is 2.10. The molecule has 94 valence electrons. The van der Waals surface area contributed by atoms with Crippen molar-refractivity contribution in [3.05, 3.63) is 33.2 Å². The molecule has 0 spiro atoms. The zero-order valence-corrected chi connectivity index (χ0v) is 11.3. The maximum absolute atomic E-state index is 11.6. The normalized spacial score (nSPS) is 12.2. The Labute approximate surface area is 107 Å². The van der Waals surface area contributed by atoms with E-state index in [1.165, 1.54) is 17.7 Å². The molecule has 1 aromatic rings. The van der Waals surface area contributed by atoms with Crippen LogP contribution in [0.5, 0.6) is 0 Å². The Kier molecular flexibility index (Phi) is 5.37. The molecular weight excluding hydrogens is 290 g/mol. The minimum absolute atomic E-state index is 0.183. The first-order valence-electron chi connectivity index (χ1n) is 5.09. The van der Waals surface area contributed by atoms with E-state index in [9.17, 15) is 9.59 Å². The average molecular weight is 304 g/mol. The molecule has 0 aliphatic carbocycles. The molecule has 0 N–H and O–H groups in total. The molecule has 0 aliphatic heterocycles. The second-order valence-corrected chi connectivity index (χ2v) is 4.34. The van der Waals surface area contributed by atoms with E-state index in [0.29, 0.717) is 6.61 Å². The van der Waals surface area contributed by atoms with Crippen LogP contribution in [0.1, 0.15) is 13.0 Å². The lowest BCUT2D eigenvalue weighted by atomic mass is 10.3. The highest BCUT2D eigenvalue weighted by Gasteiger charge is 2.17. The smallest absolute Gasteiger partial charge is 0.329 e. The van der Waals surface area contributed by atoms with Crippen molar-refractivity contribution in [2.45, 2.75) is 13.0 Å². The monoisotopic (exact) mass is 303 g/mol. The number of pyridine rings is 1. The van der Waals surface area contributed by atoms with Gasteiger partial charge >= 0.3 is 5.97 Å². The molecule has 0 bridgehead atoms. The molecule has 0 fully saturated rings. The standard InChI is InChI=1S/C11H14BrNO4/c1-8(11(15)17-6-5-16-2)13-7-9(12)3-4-10(13)14/h3-4,7-8H,5-6H2,1-2H3. The summed E-state index contributed by atoms with van der Waals surface area (Å²) in [5.41, 5.74) is -0.246. The molecule has 0 radical (unpaired) electrons. The fourth-order valence-corrected chi connectivity index (χ4v) is 1.59. The number of hydrogen-bond acceptors (Lipinski definition) is 4. The molecule has 0 amide bonds. The van der Waals surface area contributed by atoms with Gasteiger partial charge in [-0.3, -0.25) is 4.79 Å². The number of halogens is 1. The first-order valence-corrected chi connectivity index (χ1v) is 5.89. The van der Waals surface area contributed by atoms with E-state index < -0.39 is 12.0 Å². The molecule has 1 aromatic heterocycles. The number of carbonyl (C=O) groups excluding carboxylic acids is 1. The Morgan fingerprint density at radius 2 is 2.18 bits per heavy atom. The lowest BCUT2D eigenvalue weighted by Gasteiger charge is -2.14. The molecule has 0 saturated heterocycles. The molecule has 6 heteroatoms. The lowest BCUT2D eigenvalue weighted by molar-refractivity contribution is -0.148. The summed E-state index contributed by atoms with van der Waals surface area (Å²) in [5.74, 6) is -0.456. The van der Waals surface area contributed by atoms with E-state index in [1.807, 2.05) is 0 Å². The van der Waals surface area contributed by atoms with Crippen molar-refractivity contribution in [3.8, 4) is 0 Å². The fourth-order valence-electron chi connectivity index (χ4n) is 1.24. The lowest BCUT2D eigenvalue weighted by Crippen LogP contribution is -2.29. The van der Waals surface area contributed by atoms with Gasteiger partial charge in [-0.15, -0.1) is 0 Å². The summed E-state index contributed by atoms with van der Waals surface area (Å²) in [6.45, 7) is 2.14. The van der Waals surface area contributed by atoms with Gasteiger partial charge in [0.15, 0.2) is 0 Å². The van der Waals surface area contributed by atoms with Crippen LogP contribution in [0, 0.1) is 0 Å². The SMILES string of the molecule is COCCOC(=O)C(C)n1cc(Br)ccc1=O. The maximum atomic E-state index is 11.6. The number of ether oxygens (including phenoxy) is 2. The number of aromatic nitrogens is 1. The van der Waals surface area contributed by atoms with Gasteiger partial charge in [-0.05, 0) is 28.9 Å². The second kappa shape index (κ2) is 6.56. The number of methoxy groups -OCH3 is 1. The van der Waals surface area contributed by atoms with Gasteiger partial charge in [0.05, 0.1) is 6.61 Å². The number of hydrogen-bond donors (Lipinski definition) is 0. The summed E-state index contributed by atoms with van der Waals surface area (Å²) in [5, 5.41) is 0. The van der Waals surface area contributed by atoms with Crippen LogP contribution in [0.3, 0.4) is 0 Å². The van der Waals surface area contributed by atoms with E-state index in [2.05, 4.69) is 15.9 Å². The van der Waals surface area contributed by atoms with Crippen molar-refractivity contribution in [2.75, 3.05) is 20.3 Å². The zero-order valence-electron chi connectivity index (χ0n) is 9.68. The third-order valence-electron chi connectivity index (χ3n) is 2.19. The van der Waals surface area contributed by atoms with E-state index >= 15 is 0 Å². The Hall–Kier alpha value is -1.14. The molecule has 0 aliphatic rings. The molecule has 17 heavy (non-hydrogen) atoms. The highest BCUT2D eigenvalue weighted by atomic mass is 79.9. The van der Waals surface area contributed by atoms with Gasteiger partial charge in [0, 0.05) is 23.8 Å². The van der Waals surface area contributed by atoms with Crippen LogP contribution in [-0.2, 0) is 14.3 Å². The number of carbonyl (C=O) groups is 1. The molecule has 0 aromatic carbocycles. The van der Waals surface area contributed by atoms with E-state index in [0.717, 1.165) is 4.47 Å². The largest absolute Gasteiger partial charge is 0.462 e. The van der Waals surface area contributed by atoms with Crippen molar-refractivity contribution in [3.63, 3.8) is 0 Å². The highest BCUT2D eigenvalue weighted by molar-refractivity contribution is 9.10. The Balaban J connectivity index is 2.74. The van der Waals surface area contributed by atoms with Crippen molar-refractivity contribution in [1.29, 1.82) is 0 Å². The quantitative estimate of drug-likeness (QED) is 0.609.